The van der Waals surface area contributed by atoms with E-state index in [1.807, 2.05) is 44.2 Å². The fraction of sp³-hybridized carbons (Fsp3) is 0.227. The van der Waals surface area contributed by atoms with Gasteiger partial charge in [0, 0.05) is 23.4 Å². The maximum atomic E-state index is 13.6. The zero-order chi connectivity index (χ0) is 20.8. The lowest BCUT2D eigenvalue weighted by molar-refractivity contribution is -0.147. The minimum absolute atomic E-state index is 0.0189. The Balaban J connectivity index is 1.54. The largest absolute Gasteiger partial charge is 0.455 e. The highest BCUT2D eigenvalue weighted by Crippen LogP contribution is 2.18. The molecule has 1 aromatic heterocycles. The number of rotatable bonds is 7. The van der Waals surface area contributed by atoms with Crippen LogP contribution in [-0.2, 0) is 27.3 Å². The Morgan fingerprint density at radius 2 is 1.76 bits per heavy atom. The fourth-order valence-corrected chi connectivity index (χ4v) is 2.98. The molecule has 0 aliphatic heterocycles. The molecule has 0 fully saturated rings. The summed E-state index contributed by atoms with van der Waals surface area (Å²) >= 11 is 0. The van der Waals surface area contributed by atoms with Gasteiger partial charge in [-0.1, -0.05) is 36.4 Å². The lowest BCUT2D eigenvalue weighted by Gasteiger charge is -2.08. The standard InChI is InChI=1S/C22H22FN3O3/c1-15-19(16(2)26(25-15)18-9-4-3-5-10-18)12-22(28)29-14-21(27)24-13-17-8-6-7-11-20(17)23/h3-11H,12-14H2,1-2H3,(H,24,27). The molecule has 1 heterocycles. The van der Waals surface area contributed by atoms with Crippen LogP contribution < -0.4 is 5.32 Å². The molecule has 0 spiro atoms. The third kappa shape index (κ3) is 5.07. The van der Waals surface area contributed by atoms with Crippen LogP contribution in [0.1, 0.15) is 22.5 Å². The third-order valence-corrected chi connectivity index (χ3v) is 4.56. The van der Waals surface area contributed by atoms with Crippen LogP contribution in [0.25, 0.3) is 5.69 Å². The molecule has 29 heavy (non-hydrogen) atoms. The van der Waals surface area contributed by atoms with Gasteiger partial charge in [0.2, 0.25) is 0 Å². The van der Waals surface area contributed by atoms with Crippen LogP contribution >= 0.6 is 0 Å². The van der Waals surface area contributed by atoms with Crippen molar-refractivity contribution in [2.75, 3.05) is 6.61 Å². The highest BCUT2D eigenvalue weighted by Gasteiger charge is 2.17. The van der Waals surface area contributed by atoms with Gasteiger partial charge in [-0.3, -0.25) is 9.59 Å². The van der Waals surface area contributed by atoms with Crippen LogP contribution in [0.5, 0.6) is 0 Å². The number of carbonyl (C=O) groups is 2. The van der Waals surface area contributed by atoms with Crippen LogP contribution in [-0.4, -0.2) is 28.3 Å². The summed E-state index contributed by atoms with van der Waals surface area (Å²) < 4.78 is 20.4. The third-order valence-electron chi connectivity index (χ3n) is 4.56. The van der Waals surface area contributed by atoms with E-state index in [2.05, 4.69) is 10.4 Å². The van der Waals surface area contributed by atoms with Gasteiger partial charge in [-0.25, -0.2) is 9.07 Å². The van der Waals surface area contributed by atoms with Crippen molar-refractivity contribution in [2.24, 2.45) is 0 Å². The summed E-state index contributed by atoms with van der Waals surface area (Å²) in [6.45, 7) is 3.33. The van der Waals surface area contributed by atoms with Crippen molar-refractivity contribution in [2.45, 2.75) is 26.8 Å². The number of carbonyl (C=O) groups excluding carboxylic acids is 2. The zero-order valence-corrected chi connectivity index (χ0v) is 16.3. The summed E-state index contributed by atoms with van der Waals surface area (Å²) in [5, 5.41) is 7.03. The lowest BCUT2D eigenvalue weighted by atomic mass is 10.1. The molecule has 6 nitrogen and oxygen atoms in total. The Kier molecular flexibility index (Phi) is 6.39. The number of aryl methyl sites for hydroxylation is 1. The molecule has 3 rings (SSSR count). The number of nitrogens with zero attached hydrogens (tertiary/aromatic N) is 2. The zero-order valence-electron chi connectivity index (χ0n) is 16.3. The first-order chi connectivity index (χ1) is 14.0. The molecule has 1 amide bonds. The monoisotopic (exact) mass is 395 g/mol. The molecular formula is C22H22FN3O3. The first-order valence-electron chi connectivity index (χ1n) is 9.22. The maximum Gasteiger partial charge on any atom is 0.310 e. The molecule has 0 bridgehead atoms. The Bertz CT molecular complexity index is 1020. The number of para-hydroxylation sites is 1. The molecule has 0 aliphatic carbocycles. The van der Waals surface area contributed by atoms with Crippen molar-refractivity contribution in [3.63, 3.8) is 0 Å². The van der Waals surface area contributed by atoms with E-state index in [0.717, 1.165) is 22.6 Å². The van der Waals surface area contributed by atoms with Gasteiger partial charge >= 0.3 is 5.97 Å². The number of nitrogens with one attached hydrogen (secondary N) is 1. The molecule has 0 atom stereocenters. The van der Waals surface area contributed by atoms with E-state index in [4.69, 9.17) is 4.74 Å². The normalized spacial score (nSPS) is 10.6. The van der Waals surface area contributed by atoms with Crippen LogP contribution in [0, 0.1) is 19.7 Å². The molecule has 0 unspecified atom stereocenters. The highest BCUT2D eigenvalue weighted by molar-refractivity contribution is 5.81. The number of hydrogen-bond donors (Lipinski definition) is 1. The van der Waals surface area contributed by atoms with Gasteiger partial charge in [0.05, 0.1) is 17.8 Å². The number of benzene rings is 2. The summed E-state index contributed by atoms with van der Waals surface area (Å²) in [6, 6.07) is 15.8. The molecule has 0 aliphatic rings. The number of halogens is 1. The number of ether oxygens (including phenoxy) is 1. The van der Waals surface area contributed by atoms with Gasteiger partial charge in [-0.2, -0.15) is 5.10 Å². The van der Waals surface area contributed by atoms with Crippen molar-refractivity contribution in [1.29, 1.82) is 0 Å². The lowest BCUT2D eigenvalue weighted by Crippen LogP contribution is -2.29. The van der Waals surface area contributed by atoms with Crippen molar-refractivity contribution in [3.05, 3.63) is 82.9 Å². The van der Waals surface area contributed by atoms with Crippen molar-refractivity contribution in [1.82, 2.24) is 15.1 Å². The first-order valence-corrected chi connectivity index (χ1v) is 9.22. The average Bonchev–Trinajstić information content (AvgIpc) is 3.00. The van der Waals surface area contributed by atoms with Crippen molar-refractivity contribution >= 4 is 11.9 Å². The minimum atomic E-state index is -0.523. The second-order valence-electron chi connectivity index (χ2n) is 6.60. The van der Waals surface area contributed by atoms with E-state index < -0.39 is 24.3 Å². The Morgan fingerprint density at radius 1 is 1.07 bits per heavy atom. The SMILES string of the molecule is Cc1nn(-c2ccccc2)c(C)c1CC(=O)OCC(=O)NCc1ccccc1F. The summed E-state index contributed by atoms with van der Waals surface area (Å²) in [5.41, 5.74) is 3.61. The van der Waals surface area contributed by atoms with Gasteiger partial charge in [-0.15, -0.1) is 0 Å². The van der Waals surface area contributed by atoms with Gasteiger partial charge in [0.1, 0.15) is 5.82 Å². The predicted molar refractivity (Wildman–Crippen MR) is 106 cm³/mol. The van der Waals surface area contributed by atoms with E-state index in [-0.39, 0.29) is 13.0 Å². The molecule has 0 saturated heterocycles. The quantitative estimate of drug-likeness (QED) is 0.624. The Hall–Kier alpha value is -3.48. The Labute approximate surface area is 168 Å². The molecular weight excluding hydrogens is 373 g/mol. The van der Waals surface area contributed by atoms with Gasteiger partial charge < -0.3 is 10.1 Å². The topological polar surface area (TPSA) is 73.2 Å². The molecule has 2 aromatic carbocycles. The highest BCUT2D eigenvalue weighted by atomic mass is 19.1. The predicted octanol–water partition coefficient (Wildman–Crippen LogP) is 3.03. The molecule has 7 heteroatoms. The summed E-state index contributed by atoms with van der Waals surface area (Å²) in [5.74, 6) is -1.41. The fourth-order valence-electron chi connectivity index (χ4n) is 2.98. The van der Waals surface area contributed by atoms with Gasteiger partial charge in [0.15, 0.2) is 6.61 Å². The summed E-state index contributed by atoms with van der Waals surface area (Å²) in [6.07, 6.45) is 0.0189. The maximum absolute atomic E-state index is 13.6. The van der Waals surface area contributed by atoms with E-state index >= 15 is 0 Å². The number of aromatic nitrogens is 2. The first kappa shape index (κ1) is 20.3. The van der Waals surface area contributed by atoms with Crippen molar-refractivity contribution < 1.29 is 18.7 Å². The average molecular weight is 395 g/mol. The minimum Gasteiger partial charge on any atom is -0.455 e. The summed E-state index contributed by atoms with van der Waals surface area (Å²) in [4.78, 5) is 24.1. The van der Waals surface area contributed by atoms with E-state index in [1.54, 1.807) is 22.9 Å². The summed E-state index contributed by atoms with van der Waals surface area (Å²) in [7, 11) is 0. The number of hydrogen-bond acceptors (Lipinski definition) is 4. The van der Waals surface area contributed by atoms with E-state index in [9.17, 15) is 14.0 Å². The molecule has 150 valence electrons. The van der Waals surface area contributed by atoms with Crippen molar-refractivity contribution in [3.8, 4) is 5.69 Å². The molecule has 0 saturated carbocycles. The van der Waals surface area contributed by atoms with Crippen LogP contribution in [0.3, 0.4) is 0 Å². The number of amides is 1. The smallest absolute Gasteiger partial charge is 0.310 e. The van der Waals surface area contributed by atoms with Crippen LogP contribution in [0.2, 0.25) is 0 Å². The van der Waals surface area contributed by atoms with Gasteiger partial charge in [-0.05, 0) is 32.0 Å². The van der Waals surface area contributed by atoms with E-state index in [0.29, 0.717) is 5.56 Å². The second kappa shape index (κ2) is 9.14. The molecule has 3 aromatic rings. The molecule has 0 radical (unpaired) electrons. The molecule has 1 N–H and O–H groups in total. The van der Waals surface area contributed by atoms with E-state index in [1.165, 1.54) is 6.07 Å². The number of esters is 1. The van der Waals surface area contributed by atoms with Gasteiger partial charge in [0.25, 0.3) is 5.91 Å². The van der Waals surface area contributed by atoms with Crippen LogP contribution in [0.4, 0.5) is 4.39 Å². The second-order valence-corrected chi connectivity index (χ2v) is 6.60. The van der Waals surface area contributed by atoms with Crippen LogP contribution in [0.15, 0.2) is 54.6 Å². The Morgan fingerprint density at radius 3 is 2.48 bits per heavy atom.